The van der Waals surface area contributed by atoms with Crippen molar-refractivity contribution in [3.63, 3.8) is 0 Å². The molecule has 0 bridgehead atoms. The van der Waals surface area contributed by atoms with Gasteiger partial charge in [-0.25, -0.2) is 14.8 Å². The molecule has 12 N–H and O–H groups in total. The highest BCUT2D eigenvalue weighted by molar-refractivity contribution is 5.74. The Morgan fingerprint density at radius 3 is 1.95 bits per heavy atom. The number of aliphatic hydroxyl groups is 4. The van der Waals surface area contributed by atoms with E-state index < -0.39 is 72.8 Å². The van der Waals surface area contributed by atoms with Crippen molar-refractivity contribution in [3.8, 4) is 0 Å². The van der Waals surface area contributed by atoms with Crippen molar-refractivity contribution < 1.29 is 34.7 Å². The average molecular weight is 591 g/mol. The molecular weight excluding hydrogens is 564 g/mol. The summed E-state index contributed by atoms with van der Waals surface area (Å²) < 4.78 is 14.0. The van der Waals surface area contributed by atoms with Crippen molar-refractivity contribution >= 4 is 40.3 Å². The molecule has 224 valence electrons. The molecule has 0 aromatic carbocycles. The molecule has 2 amide bonds. The molecule has 4 aromatic rings. The number of nitrogens with one attached hydrogen (secondary N) is 4. The number of aromatic amines is 2. The van der Waals surface area contributed by atoms with E-state index in [0.717, 1.165) is 0 Å². The minimum Gasteiger partial charge on any atom is -0.394 e. The Balaban J connectivity index is 1.12. The number of imidazole rings is 2. The van der Waals surface area contributed by atoms with Crippen LogP contribution in [0.25, 0.3) is 22.3 Å². The van der Waals surface area contributed by atoms with Crippen LogP contribution in [-0.4, -0.2) is 115 Å². The fraction of sp³-hybridized carbons (Fsp3) is 0.476. The van der Waals surface area contributed by atoms with E-state index in [1.807, 2.05) is 0 Å². The number of nitrogens with two attached hydrogens (primary N) is 2. The Bertz CT molecular complexity index is 1770. The topological polar surface area (TPSA) is 320 Å². The minimum absolute atomic E-state index is 0.0202. The number of rotatable bonds is 6. The van der Waals surface area contributed by atoms with Crippen LogP contribution in [0, 0.1) is 0 Å². The highest BCUT2D eigenvalue weighted by Gasteiger charge is 2.47. The molecule has 2 aliphatic heterocycles. The lowest BCUT2D eigenvalue weighted by Crippen LogP contribution is -2.53. The molecule has 2 fully saturated rings. The quantitative estimate of drug-likeness (QED) is 0.100. The number of aliphatic hydroxyl groups excluding tert-OH is 4. The van der Waals surface area contributed by atoms with Crippen LogP contribution in [-0.2, 0) is 9.47 Å². The van der Waals surface area contributed by atoms with E-state index in [4.69, 9.17) is 20.9 Å². The molecule has 0 spiro atoms. The van der Waals surface area contributed by atoms with Crippen LogP contribution in [0.5, 0.6) is 0 Å². The molecule has 8 atom stereocenters. The summed E-state index contributed by atoms with van der Waals surface area (Å²) in [4.78, 5) is 57.5. The van der Waals surface area contributed by atoms with Gasteiger partial charge in [0.2, 0.25) is 11.9 Å². The number of aromatic nitrogens is 8. The largest absolute Gasteiger partial charge is 0.394 e. The second-order valence-corrected chi connectivity index (χ2v) is 9.72. The van der Waals surface area contributed by atoms with E-state index in [0.29, 0.717) is 0 Å². The Hall–Kier alpha value is -4.67. The van der Waals surface area contributed by atoms with Crippen LogP contribution >= 0.6 is 0 Å². The maximum atomic E-state index is 12.8. The van der Waals surface area contributed by atoms with Crippen molar-refractivity contribution in [1.29, 1.82) is 0 Å². The maximum Gasteiger partial charge on any atom is 0.315 e. The van der Waals surface area contributed by atoms with Gasteiger partial charge < -0.3 is 52.0 Å². The highest BCUT2D eigenvalue weighted by atomic mass is 16.6. The van der Waals surface area contributed by atoms with Gasteiger partial charge in [0.1, 0.15) is 30.5 Å². The van der Waals surface area contributed by atoms with Gasteiger partial charge in [-0.15, -0.1) is 0 Å². The van der Waals surface area contributed by atoms with E-state index in [1.54, 1.807) is 0 Å². The highest BCUT2D eigenvalue weighted by Crippen LogP contribution is 2.32. The number of hydrogen-bond donors (Lipinski definition) is 10. The SMILES string of the molecule is Nc1nc2c(ncn2C2OC(CNC(=O)NC3C(CO)OC(n4cnc5c(=O)[nH]c(N)nc54)C3O)C(O)C2O)c(=O)[nH]1. The molecule has 8 unspecified atom stereocenters. The average Bonchev–Trinajstić information content (AvgIpc) is 3.69. The standard InChI is InChI=1S/C21H26N12O9/c22-19-28-13-8(15(38)30-19)25-3-32(13)17-11(36)7(6(2-34)42-17)27-21(40)24-1-5-10(35)12(37)18(41-5)33-4-26-9-14(33)29-20(23)31-16(9)39/h3-7,10-12,17-18,34-37H,1-2H2,(H2,24,27,40)(H3,22,28,30,38)(H3,23,29,31,39). The number of H-pyrrole nitrogens is 2. The summed E-state index contributed by atoms with van der Waals surface area (Å²) in [6.45, 7) is -0.877. The lowest BCUT2D eigenvalue weighted by molar-refractivity contribution is -0.0489. The van der Waals surface area contributed by atoms with Crippen molar-refractivity contribution in [3.05, 3.63) is 33.4 Å². The molecule has 6 heterocycles. The van der Waals surface area contributed by atoms with Crippen LogP contribution in [0.4, 0.5) is 16.7 Å². The fourth-order valence-electron chi connectivity index (χ4n) is 5.09. The molecule has 21 heteroatoms. The van der Waals surface area contributed by atoms with Crippen LogP contribution in [0.2, 0.25) is 0 Å². The molecule has 2 aliphatic rings. The second-order valence-electron chi connectivity index (χ2n) is 9.72. The lowest BCUT2D eigenvalue weighted by atomic mass is 10.1. The van der Waals surface area contributed by atoms with E-state index in [9.17, 15) is 34.8 Å². The summed E-state index contributed by atoms with van der Waals surface area (Å²) >= 11 is 0. The third-order valence-electron chi connectivity index (χ3n) is 7.10. The summed E-state index contributed by atoms with van der Waals surface area (Å²) in [5, 5.41) is 47.0. The maximum absolute atomic E-state index is 12.8. The van der Waals surface area contributed by atoms with Gasteiger partial charge in [0.05, 0.1) is 25.3 Å². The summed E-state index contributed by atoms with van der Waals surface area (Å²) in [5.41, 5.74) is 9.96. The molecule has 21 nitrogen and oxygen atoms in total. The molecule has 6 rings (SSSR count). The first kappa shape index (κ1) is 27.5. The number of ether oxygens (including phenoxy) is 2. The number of nitrogens with zero attached hydrogens (tertiary/aromatic N) is 6. The van der Waals surface area contributed by atoms with Gasteiger partial charge in [0.25, 0.3) is 11.1 Å². The van der Waals surface area contributed by atoms with Crippen molar-refractivity contribution in [1.82, 2.24) is 49.7 Å². The van der Waals surface area contributed by atoms with E-state index >= 15 is 0 Å². The number of hydrogen-bond acceptors (Lipinski definition) is 15. The molecule has 4 aromatic heterocycles. The third-order valence-corrected chi connectivity index (χ3v) is 7.10. The molecule has 2 saturated heterocycles. The van der Waals surface area contributed by atoms with Gasteiger partial charge in [-0.1, -0.05) is 0 Å². The van der Waals surface area contributed by atoms with Gasteiger partial charge >= 0.3 is 6.03 Å². The molecule has 0 saturated carbocycles. The van der Waals surface area contributed by atoms with Crippen LogP contribution < -0.4 is 33.2 Å². The van der Waals surface area contributed by atoms with Crippen LogP contribution in [0.1, 0.15) is 12.5 Å². The van der Waals surface area contributed by atoms with Crippen molar-refractivity contribution in [2.45, 2.75) is 49.0 Å². The van der Waals surface area contributed by atoms with E-state index in [1.165, 1.54) is 21.8 Å². The van der Waals surface area contributed by atoms with Crippen molar-refractivity contribution in [2.24, 2.45) is 0 Å². The first-order chi connectivity index (χ1) is 20.1. The summed E-state index contributed by atoms with van der Waals surface area (Å²) in [5.74, 6) is -0.373. The van der Waals surface area contributed by atoms with Gasteiger partial charge in [-0.05, 0) is 0 Å². The Labute approximate surface area is 232 Å². The number of nitrogen functional groups attached to an aromatic ring is 2. The Morgan fingerprint density at radius 2 is 1.40 bits per heavy atom. The lowest BCUT2D eigenvalue weighted by Gasteiger charge is -2.22. The first-order valence-electron chi connectivity index (χ1n) is 12.5. The molecular formula is C21H26N12O9. The zero-order valence-electron chi connectivity index (χ0n) is 21.4. The summed E-state index contributed by atoms with van der Waals surface area (Å²) in [6.07, 6.45) is -6.53. The molecule has 42 heavy (non-hydrogen) atoms. The van der Waals surface area contributed by atoms with Crippen LogP contribution in [0.15, 0.2) is 22.2 Å². The molecule has 0 radical (unpaired) electrons. The zero-order chi connectivity index (χ0) is 29.9. The first-order valence-corrected chi connectivity index (χ1v) is 12.5. The normalized spacial score (nSPS) is 29.4. The Morgan fingerprint density at radius 1 is 0.881 bits per heavy atom. The minimum atomic E-state index is -1.48. The van der Waals surface area contributed by atoms with Gasteiger partial charge in [0, 0.05) is 6.54 Å². The summed E-state index contributed by atoms with van der Waals surface area (Å²) in [7, 11) is 0. The number of anilines is 2. The van der Waals surface area contributed by atoms with Gasteiger partial charge in [-0.2, -0.15) is 9.97 Å². The molecule has 0 aliphatic carbocycles. The Kier molecular flexibility index (Phi) is 6.75. The smallest absolute Gasteiger partial charge is 0.315 e. The predicted octanol–water partition coefficient (Wildman–Crippen LogP) is -5.05. The van der Waals surface area contributed by atoms with E-state index in [-0.39, 0.29) is 40.8 Å². The second kappa shape index (κ2) is 10.3. The van der Waals surface area contributed by atoms with E-state index in [2.05, 4.69) is 40.5 Å². The zero-order valence-corrected chi connectivity index (χ0v) is 21.4. The van der Waals surface area contributed by atoms with Gasteiger partial charge in [-0.3, -0.25) is 28.7 Å². The predicted molar refractivity (Wildman–Crippen MR) is 138 cm³/mol. The summed E-state index contributed by atoms with van der Waals surface area (Å²) in [6, 6.07) is -1.95. The van der Waals surface area contributed by atoms with Gasteiger partial charge in [0.15, 0.2) is 34.8 Å². The monoisotopic (exact) mass is 590 g/mol. The number of fused-ring (bicyclic) bond motifs is 2. The number of carbonyl (C=O) groups is 1. The van der Waals surface area contributed by atoms with Crippen LogP contribution in [0.3, 0.4) is 0 Å². The third kappa shape index (κ3) is 4.49. The number of amides is 2. The number of carbonyl (C=O) groups excluding carboxylic acids is 1. The number of urea groups is 1. The fourth-order valence-corrected chi connectivity index (χ4v) is 5.09. The van der Waals surface area contributed by atoms with Crippen molar-refractivity contribution in [2.75, 3.05) is 24.6 Å².